The maximum absolute atomic E-state index is 11.6. The van der Waals surface area contributed by atoms with Crippen molar-refractivity contribution in [2.24, 2.45) is 5.14 Å². The standard InChI is InChI=1S/C13H16N2O3S/c14-19(16,17)13-9-15(8-10-4-3-7-18-10)12-6-2-1-5-11(12)13/h1-2,5-6,9-10H,3-4,7-8H2,(H2,14,16,17). The second kappa shape index (κ2) is 4.63. The summed E-state index contributed by atoms with van der Waals surface area (Å²) in [6.45, 7) is 1.45. The molecule has 0 aliphatic carbocycles. The van der Waals surface area contributed by atoms with Crippen LogP contribution in [-0.2, 0) is 21.3 Å². The van der Waals surface area contributed by atoms with Gasteiger partial charge in [0.2, 0.25) is 10.0 Å². The van der Waals surface area contributed by atoms with Crippen LogP contribution in [0.2, 0.25) is 0 Å². The number of nitrogens with zero attached hydrogens (tertiary/aromatic N) is 1. The summed E-state index contributed by atoms with van der Waals surface area (Å²) in [5.74, 6) is 0. The predicted octanol–water partition coefficient (Wildman–Crippen LogP) is 1.47. The normalized spacial score (nSPS) is 20.2. The lowest BCUT2D eigenvalue weighted by molar-refractivity contribution is 0.0979. The van der Waals surface area contributed by atoms with Crippen molar-refractivity contribution < 1.29 is 13.2 Å². The quantitative estimate of drug-likeness (QED) is 0.925. The molecular formula is C13H16N2O3S. The van der Waals surface area contributed by atoms with Gasteiger partial charge in [0.25, 0.3) is 0 Å². The molecular weight excluding hydrogens is 264 g/mol. The monoisotopic (exact) mass is 280 g/mol. The van der Waals surface area contributed by atoms with Gasteiger partial charge in [0, 0.05) is 30.3 Å². The van der Waals surface area contributed by atoms with Crippen LogP contribution in [0.3, 0.4) is 0 Å². The molecule has 2 heterocycles. The van der Waals surface area contributed by atoms with Gasteiger partial charge < -0.3 is 9.30 Å². The number of rotatable bonds is 3. The van der Waals surface area contributed by atoms with E-state index in [1.54, 1.807) is 12.3 Å². The maximum Gasteiger partial charge on any atom is 0.240 e. The lowest BCUT2D eigenvalue weighted by Crippen LogP contribution is -2.15. The van der Waals surface area contributed by atoms with Crippen LogP contribution in [0.1, 0.15) is 12.8 Å². The molecule has 0 saturated carbocycles. The molecule has 102 valence electrons. The Kier molecular flexibility index (Phi) is 3.08. The largest absolute Gasteiger partial charge is 0.376 e. The first kappa shape index (κ1) is 12.7. The third kappa shape index (κ3) is 2.39. The molecule has 1 aliphatic heterocycles. The van der Waals surface area contributed by atoms with E-state index in [-0.39, 0.29) is 11.0 Å². The third-order valence-electron chi connectivity index (χ3n) is 3.48. The summed E-state index contributed by atoms with van der Waals surface area (Å²) in [6.07, 6.45) is 3.84. The molecule has 6 heteroatoms. The zero-order valence-electron chi connectivity index (χ0n) is 10.5. The van der Waals surface area contributed by atoms with E-state index >= 15 is 0 Å². The van der Waals surface area contributed by atoms with E-state index in [4.69, 9.17) is 9.88 Å². The highest BCUT2D eigenvalue weighted by atomic mass is 32.2. The topological polar surface area (TPSA) is 74.3 Å². The van der Waals surface area contributed by atoms with E-state index < -0.39 is 10.0 Å². The van der Waals surface area contributed by atoms with Gasteiger partial charge in [-0.05, 0) is 18.9 Å². The van der Waals surface area contributed by atoms with Gasteiger partial charge in [0.1, 0.15) is 4.90 Å². The van der Waals surface area contributed by atoms with Gasteiger partial charge in [0.05, 0.1) is 6.10 Å². The van der Waals surface area contributed by atoms with E-state index in [0.29, 0.717) is 11.9 Å². The summed E-state index contributed by atoms with van der Waals surface area (Å²) < 4.78 is 30.8. The van der Waals surface area contributed by atoms with Crippen molar-refractivity contribution in [2.45, 2.75) is 30.4 Å². The summed E-state index contributed by atoms with van der Waals surface area (Å²) in [5.41, 5.74) is 0.877. The molecule has 1 unspecified atom stereocenters. The first-order chi connectivity index (χ1) is 9.05. The summed E-state index contributed by atoms with van der Waals surface area (Å²) in [5, 5.41) is 5.94. The molecule has 1 atom stereocenters. The fourth-order valence-electron chi connectivity index (χ4n) is 2.60. The number of hydrogen-bond donors (Lipinski definition) is 1. The number of fused-ring (bicyclic) bond motifs is 1. The van der Waals surface area contributed by atoms with Gasteiger partial charge in [0.15, 0.2) is 0 Å². The SMILES string of the molecule is NS(=O)(=O)c1cn(CC2CCCO2)c2ccccc12. The van der Waals surface area contributed by atoms with Crippen molar-refractivity contribution in [2.75, 3.05) is 6.61 Å². The molecule has 1 aromatic heterocycles. The molecule has 3 rings (SSSR count). The first-order valence-electron chi connectivity index (χ1n) is 6.28. The van der Waals surface area contributed by atoms with Crippen molar-refractivity contribution in [3.63, 3.8) is 0 Å². The Bertz CT molecular complexity index is 700. The van der Waals surface area contributed by atoms with Gasteiger partial charge in [-0.25, -0.2) is 13.6 Å². The van der Waals surface area contributed by atoms with Crippen molar-refractivity contribution >= 4 is 20.9 Å². The molecule has 2 N–H and O–H groups in total. The lowest BCUT2D eigenvalue weighted by atomic mass is 10.2. The number of ether oxygens (including phenoxy) is 1. The zero-order valence-corrected chi connectivity index (χ0v) is 11.3. The van der Waals surface area contributed by atoms with Crippen LogP contribution in [0.5, 0.6) is 0 Å². The summed E-state index contributed by atoms with van der Waals surface area (Å²) in [4.78, 5) is 0.182. The number of primary sulfonamides is 1. The van der Waals surface area contributed by atoms with Crippen LogP contribution < -0.4 is 5.14 Å². The van der Waals surface area contributed by atoms with Crippen molar-refractivity contribution in [1.82, 2.24) is 4.57 Å². The maximum atomic E-state index is 11.6. The first-order valence-corrected chi connectivity index (χ1v) is 7.82. The predicted molar refractivity (Wildman–Crippen MR) is 72.3 cm³/mol. The molecule has 0 amide bonds. The molecule has 1 aromatic carbocycles. The summed E-state index contributed by atoms with van der Waals surface area (Å²) >= 11 is 0. The Balaban J connectivity index is 2.09. The minimum Gasteiger partial charge on any atom is -0.376 e. The van der Waals surface area contributed by atoms with Crippen LogP contribution in [0.25, 0.3) is 10.9 Å². The van der Waals surface area contributed by atoms with Gasteiger partial charge in [-0.2, -0.15) is 0 Å². The van der Waals surface area contributed by atoms with Crippen molar-refractivity contribution in [1.29, 1.82) is 0 Å². The molecule has 0 bridgehead atoms. The van der Waals surface area contributed by atoms with Gasteiger partial charge in [-0.15, -0.1) is 0 Å². The number of benzene rings is 1. The Labute approximate surface area is 112 Å². The fourth-order valence-corrected chi connectivity index (χ4v) is 3.35. The highest BCUT2D eigenvalue weighted by molar-refractivity contribution is 7.89. The van der Waals surface area contributed by atoms with Crippen LogP contribution in [0, 0.1) is 0 Å². The minimum atomic E-state index is -3.70. The van der Waals surface area contributed by atoms with E-state index in [2.05, 4.69) is 0 Å². The molecule has 5 nitrogen and oxygen atoms in total. The van der Waals surface area contributed by atoms with Gasteiger partial charge in [-0.3, -0.25) is 0 Å². The number of nitrogens with two attached hydrogens (primary N) is 1. The molecule has 1 fully saturated rings. The lowest BCUT2D eigenvalue weighted by Gasteiger charge is -2.11. The van der Waals surface area contributed by atoms with E-state index in [0.717, 1.165) is 25.0 Å². The number of para-hydroxylation sites is 1. The average Bonchev–Trinajstić information content (AvgIpc) is 2.97. The van der Waals surface area contributed by atoms with Crippen molar-refractivity contribution in [3.05, 3.63) is 30.5 Å². The summed E-state index contributed by atoms with van der Waals surface area (Å²) in [6, 6.07) is 7.38. The van der Waals surface area contributed by atoms with E-state index in [1.807, 2.05) is 22.8 Å². The van der Waals surface area contributed by atoms with E-state index in [9.17, 15) is 8.42 Å². The number of aromatic nitrogens is 1. The van der Waals surface area contributed by atoms with Crippen LogP contribution in [0.15, 0.2) is 35.4 Å². The molecule has 0 spiro atoms. The average molecular weight is 280 g/mol. The second-order valence-corrected chi connectivity index (χ2v) is 6.37. The number of sulfonamides is 1. The molecule has 1 saturated heterocycles. The summed E-state index contributed by atoms with van der Waals surface area (Å²) in [7, 11) is -3.70. The van der Waals surface area contributed by atoms with Gasteiger partial charge in [-0.1, -0.05) is 18.2 Å². The third-order valence-corrected chi connectivity index (χ3v) is 4.42. The highest BCUT2D eigenvalue weighted by Gasteiger charge is 2.21. The molecule has 19 heavy (non-hydrogen) atoms. The van der Waals surface area contributed by atoms with Crippen LogP contribution in [0.4, 0.5) is 0 Å². The Morgan fingerprint density at radius 3 is 2.84 bits per heavy atom. The number of hydrogen-bond acceptors (Lipinski definition) is 3. The molecule has 1 aliphatic rings. The molecule has 2 aromatic rings. The fraction of sp³-hybridized carbons (Fsp3) is 0.385. The van der Waals surface area contributed by atoms with Gasteiger partial charge >= 0.3 is 0 Å². The minimum absolute atomic E-state index is 0.157. The smallest absolute Gasteiger partial charge is 0.240 e. The molecule has 0 radical (unpaired) electrons. The Morgan fingerprint density at radius 1 is 1.37 bits per heavy atom. The van der Waals surface area contributed by atoms with Crippen LogP contribution in [-0.4, -0.2) is 25.7 Å². The van der Waals surface area contributed by atoms with E-state index in [1.165, 1.54) is 0 Å². The second-order valence-electron chi connectivity index (χ2n) is 4.84. The highest BCUT2D eigenvalue weighted by Crippen LogP contribution is 2.26. The van der Waals surface area contributed by atoms with Crippen molar-refractivity contribution in [3.8, 4) is 0 Å². The zero-order chi connectivity index (χ0) is 13.5. The Hall–Kier alpha value is -1.37. The van der Waals surface area contributed by atoms with Crippen LogP contribution >= 0.6 is 0 Å². The Morgan fingerprint density at radius 2 is 2.16 bits per heavy atom.